The molecule has 1 N–H and O–H groups in total. The topological polar surface area (TPSA) is 21.3 Å². The number of anilines is 1. The van der Waals surface area contributed by atoms with Gasteiger partial charge in [0.15, 0.2) is 0 Å². The van der Waals surface area contributed by atoms with Crippen LogP contribution in [0.2, 0.25) is 0 Å². The van der Waals surface area contributed by atoms with Crippen molar-refractivity contribution in [1.29, 1.82) is 0 Å². The summed E-state index contributed by atoms with van der Waals surface area (Å²) in [6.07, 6.45) is 0. The van der Waals surface area contributed by atoms with Gasteiger partial charge in [-0.2, -0.15) is 0 Å². The standard InChI is InChI=1S/C16H18FNO/c1-11-4-5-13(15(8-11)18-3)10-19-16-7-6-14(17)9-12(16)2/h4-9,18H,10H2,1-3H3. The first-order valence-corrected chi connectivity index (χ1v) is 6.26. The molecule has 0 saturated heterocycles. The fourth-order valence-electron chi connectivity index (χ4n) is 1.98. The van der Waals surface area contributed by atoms with Crippen molar-refractivity contribution in [3.8, 4) is 5.75 Å². The highest BCUT2D eigenvalue weighted by Crippen LogP contribution is 2.22. The molecule has 2 nitrogen and oxygen atoms in total. The van der Waals surface area contributed by atoms with E-state index in [4.69, 9.17) is 4.74 Å². The van der Waals surface area contributed by atoms with Gasteiger partial charge < -0.3 is 10.1 Å². The van der Waals surface area contributed by atoms with Crippen molar-refractivity contribution in [2.45, 2.75) is 20.5 Å². The van der Waals surface area contributed by atoms with Gasteiger partial charge in [0.1, 0.15) is 18.2 Å². The fourth-order valence-corrected chi connectivity index (χ4v) is 1.98. The lowest BCUT2D eigenvalue weighted by atomic mass is 10.1. The number of nitrogens with one attached hydrogen (secondary N) is 1. The Balaban J connectivity index is 2.14. The number of hydrogen-bond acceptors (Lipinski definition) is 2. The van der Waals surface area contributed by atoms with Gasteiger partial charge in [-0.05, 0) is 49.2 Å². The summed E-state index contributed by atoms with van der Waals surface area (Å²) in [5.41, 5.74) is 4.14. The number of ether oxygens (including phenoxy) is 1. The highest BCUT2D eigenvalue weighted by atomic mass is 19.1. The minimum Gasteiger partial charge on any atom is -0.489 e. The summed E-state index contributed by atoms with van der Waals surface area (Å²) < 4.78 is 18.8. The molecule has 0 atom stereocenters. The fraction of sp³-hybridized carbons (Fsp3) is 0.250. The lowest BCUT2D eigenvalue weighted by molar-refractivity contribution is 0.304. The molecular formula is C16H18FNO. The van der Waals surface area contributed by atoms with Gasteiger partial charge in [-0.25, -0.2) is 4.39 Å². The van der Waals surface area contributed by atoms with Crippen LogP contribution in [0.4, 0.5) is 10.1 Å². The van der Waals surface area contributed by atoms with E-state index in [0.29, 0.717) is 12.4 Å². The Morgan fingerprint density at radius 1 is 1.11 bits per heavy atom. The molecule has 0 spiro atoms. The van der Waals surface area contributed by atoms with E-state index in [2.05, 4.69) is 24.4 Å². The first-order valence-electron chi connectivity index (χ1n) is 6.26. The molecule has 2 aromatic carbocycles. The van der Waals surface area contributed by atoms with E-state index < -0.39 is 0 Å². The van der Waals surface area contributed by atoms with Crippen LogP contribution in [-0.4, -0.2) is 7.05 Å². The maximum absolute atomic E-state index is 13.0. The number of rotatable bonds is 4. The molecule has 0 aliphatic carbocycles. The average Bonchev–Trinajstić information content (AvgIpc) is 2.39. The predicted octanol–water partition coefficient (Wildman–Crippen LogP) is 4.06. The van der Waals surface area contributed by atoms with Gasteiger partial charge in [0.05, 0.1) is 0 Å². The van der Waals surface area contributed by atoms with Gasteiger partial charge in [-0.1, -0.05) is 12.1 Å². The third-order valence-corrected chi connectivity index (χ3v) is 3.05. The molecule has 0 bridgehead atoms. The molecule has 0 unspecified atom stereocenters. The third-order valence-electron chi connectivity index (χ3n) is 3.05. The molecule has 2 rings (SSSR count). The van der Waals surface area contributed by atoms with E-state index in [9.17, 15) is 4.39 Å². The zero-order valence-corrected chi connectivity index (χ0v) is 11.5. The summed E-state index contributed by atoms with van der Waals surface area (Å²) in [7, 11) is 1.89. The SMILES string of the molecule is CNc1cc(C)ccc1COc1ccc(F)cc1C. The minimum absolute atomic E-state index is 0.240. The molecular weight excluding hydrogens is 241 g/mol. The second kappa shape index (κ2) is 5.74. The molecule has 0 aromatic heterocycles. The maximum atomic E-state index is 13.0. The second-order valence-corrected chi connectivity index (χ2v) is 4.61. The van der Waals surface area contributed by atoms with Crippen LogP contribution < -0.4 is 10.1 Å². The third kappa shape index (κ3) is 3.25. The molecule has 0 amide bonds. The van der Waals surface area contributed by atoms with E-state index in [1.165, 1.54) is 17.7 Å². The molecule has 3 heteroatoms. The minimum atomic E-state index is -0.240. The maximum Gasteiger partial charge on any atom is 0.123 e. The van der Waals surface area contributed by atoms with Crippen LogP contribution in [0.5, 0.6) is 5.75 Å². The van der Waals surface area contributed by atoms with Gasteiger partial charge in [0.25, 0.3) is 0 Å². The van der Waals surface area contributed by atoms with E-state index in [1.807, 2.05) is 20.0 Å². The molecule has 19 heavy (non-hydrogen) atoms. The zero-order valence-electron chi connectivity index (χ0n) is 11.5. The van der Waals surface area contributed by atoms with Crippen molar-refractivity contribution < 1.29 is 9.13 Å². The first-order chi connectivity index (χ1) is 9.10. The summed E-state index contributed by atoms with van der Waals surface area (Å²) in [4.78, 5) is 0. The van der Waals surface area contributed by atoms with Crippen LogP contribution in [0.25, 0.3) is 0 Å². The quantitative estimate of drug-likeness (QED) is 0.894. The van der Waals surface area contributed by atoms with Crippen molar-refractivity contribution in [2.75, 3.05) is 12.4 Å². The molecule has 0 heterocycles. The Morgan fingerprint density at radius 2 is 1.89 bits per heavy atom. The molecule has 0 saturated carbocycles. The van der Waals surface area contributed by atoms with Gasteiger partial charge in [-0.15, -0.1) is 0 Å². The van der Waals surface area contributed by atoms with Gasteiger partial charge in [0.2, 0.25) is 0 Å². The van der Waals surface area contributed by atoms with E-state index in [1.54, 1.807) is 6.07 Å². The Hall–Kier alpha value is -2.03. The monoisotopic (exact) mass is 259 g/mol. The van der Waals surface area contributed by atoms with Crippen molar-refractivity contribution in [2.24, 2.45) is 0 Å². The smallest absolute Gasteiger partial charge is 0.123 e. The highest BCUT2D eigenvalue weighted by Gasteiger charge is 2.05. The van der Waals surface area contributed by atoms with E-state index in [0.717, 1.165) is 16.8 Å². The lowest BCUT2D eigenvalue weighted by Crippen LogP contribution is -2.02. The Kier molecular flexibility index (Phi) is 4.05. The average molecular weight is 259 g/mol. The molecule has 0 radical (unpaired) electrons. The number of halogens is 1. The summed E-state index contributed by atoms with van der Waals surface area (Å²) in [5, 5.41) is 3.16. The molecule has 2 aromatic rings. The largest absolute Gasteiger partial charge is 0.489 e. The Morgan fingerprint density at radius 3 is 2.58 bits per heavy atom. The number of hydrogen-bond donors (Lipinski definition) is 1. The van der Waals surface area contributed by atoms with Crippen LogP contribution in [0, 0.1) is 19.7 Å². The van der Waals surface area contributed by atoms with Crippen LogP contribution in [0.15, 0.2) is 36.4 Å². The van der Waals surface area contributed by atoms with Crippen LogP contribution in [0.1, 0.15) is 16.7 Å². The van der Waals surface area contributed by atoms with E-state index >= 15 is 0 Å². The normalized spacial score (nSPS) is 10.3. The molecule has 0 fully saturated rings. The summed E-state index contributed by atoms with van der Waals surface area (Å²) in [6.45, 7) is 4.35. The zero-order chi connectivity index (χ0) is 13.8. The van der Waals surface area contributed by atoms with Crippen LogP contribution in [-0.2, 0) is 6.61 Å². The van der Waals surface area contributed by atoms with Crippen LogP contribution >= 0.6 is 0 Å². The van der Waals surface area contributed by atoms with Gasteiger partial charge >= 0.3 is 0 Å². The molecule has 100 valence electrons. The lowest BCUT2D eigenvalue weighted by Gasteiger charge is -2.13. The van der Waals surface area contributed by atoms with Crippen molar-refractivity contribution in [3.05, 3.63) is 58.9 Å². The van der Waals surface area contributed by atoms with Gasteiger partial charge in [-0.3, -0.25) is 0 Å². The first kappa shape index (κ1) is 13.4. The van der Waals surface area contributed by atoms with Crippen molar-refractivity contribution >= 4 is 5.69 Å². The van der Waals surface area contributed by atoms with Crippen molar-refractivity contribution in [3.63, 3.8) is 0 Å². The van der Waals surface area contributed by atoms with E-state index in [-0.39, 0.29) is 5.82 Å². The Bertz CT molecular complexity index is 581. The number of aryl methyl sites for hydroxylation is 2. The summed E-state index contributed by atoms with van der Waals surface area (Å²) in [5.74, 6) is 0.472. The Labute approximate surface area is 113 Å². The molecule has 0 aliphatic rings. The second-order valence-electron chi connectivity index (χ2n) is 4.61. The summed E-state index contributed by atoms with van der Waals surface area (Å²) in [6, 6.07) is 10.7. The molecule has 0 aliphatic heterocycles. The van der Waals surface area contributed by atoms with Crippen molar-refractivity contribution in [1.82, 2.24) is 0 Å². The van der Waals surface area contributed by atoms with Gasteiger partial charge in [0, 0.05) is 18.3 Å². The predicted molar refractivity (Wildman–Crippen MR) is 76.2 cm³/mol. The highest BCUT2D eigenvalue weighted by molar-refractivity contribution is 5.52. The number of benzene rings is 2. The van der Waals surface area contributed by atoms with Crippen LogP contribution in [0.3, 0.4) is 0 Å². The summed E-state index contributed by atoms with van der Waals surface area (Å²) >= 11 is 0.